The summed E-state index contributed by atoms with van der Waals surface area (Å²) in [5, 5.41) is 2.86. The van der Waals surface area contributed by atoms with Crippen molar-refractivity contribution in [1.29, 1.82) is 0 Å². The fourth-order valence-corrected chi connectivity index (χ4v) is 1.89. The molecule has 1 aromatic rings. The van der Waals surface area contributed by atoms with Crippen molar-refractivity contribution in [2.45, 2.75) is 20.3 Å². The second-order valence-electron chi connectivity index (χ2n) is 3.37. The number of rotatable bonds is 3. The molecular weight excluding hydrogens is 313 g/mol. The molecule has 0 atom stereocenters. The zero-order chi connectivity index (χ0) is 12.0. The molecule has 0 heterocycles. The fraction of sp³-hybridized carbons (Fsp3) is 0.308. The zero-order valence-corrected chi connectivity index (χ0v) is 11.6. The van der Waals surface area contributed by atoms with Gasteiger partial charge in [-0.1, -0.05) is 12.1 Å². The number of hydrogen-bond acceptors (Lipinski definition) is 1. The molecule has 0 bridgehead atoms. The molecule has 1 rings (SSSR count). The van der Waals surface area contributed by atoms with Crippen LogP contribution >= 0.6 is 22.6 Å². The molecule has 1 aromatic carbocycles. The van der Waals surface area contributed by atoms with Gasteiger partial charge in [-0.2, -0.15) is 0 Å². The Bertz CT molecular complexity index is 443. The minimum atomic E-state index is -0.0222. The molecule has 0 saturated heterocycles. The highest BCUT2D eigenvalue weighted by Crippen LogP contribution is 2.16. The Morgan fingerprint density at radius 2 is 2.25 bits per heavy atom. The Labute approximate surface area is 110 Å². The third kappa shape index (κ3) is 3.53. The van der Waals surface area contributed by atoms with Crippen LogP contribution in [-0.4, -0.2) is 12.5 Å². The van der Waals surface area contributed by atoms with Crippen LogP contribution in [0, 0.1) is 22.3 Å². The van der Waals surface area contributed by atoms with Crippen molar-refractivity contribution in [3.8, 4) is 11.8 Å². The van der Waals surface area contributed by atoms with Gasteiger partial charge in [0.1, 0.15) is 0 Å². The summed E-state index contributed by atoms with van der Waals surface area (Å²) in [6.07, 6.45) is 0.699. The molecule has 2 nitrogen and oxygen atoms in total. The van der Waals surface area contributed by atoms with Gasteiger partial charge in [-0.3, -0.25) is 4.79 Å². The lowest BCUT2D eigenvalue weighted by Gasteiger charge is -2.07. The van der Waals surface area contributed by atoms with Gasteiger partial charge in [-0.15, -0.1) is 11.8 Å². The van der Waals surface area contributed by atoms with Gasteiger partial charge in [0.2, 0.25) is 0 Å². The van der Waals surface area contributed by atoms with Crippen molar-refractivity contribution in [2.24, 2.45) is 0 Å². The smallest absolute Gasteiger partial charge is 0.252 e. The Hall–Kier alpha value is -1.02. The Morgan fingerprint density at radius 3 is 2.94 bits per heavy atom. The van der Waals surface area contributed by atoms with Crippen LogP contribution in [0.1, 0.15) is 29.3 Å². The topological polar surface area (TPSA) is 29.1 Å². The molecule has 0 saturated carbocycles. The van der Waals surface area contributed by atoms with Crippen LogP contribution in [0.5, 0.6) is 0 Å². The second kappa shape index (κ2) is 6.54. The maximum absolute atomic E-state index is 11.8. The number of hydrogen-bond donors (Lipinski definition) is 1. The number of carbonyl (C=O) groups is 1. The van der Waals surface area contributed by atoms with E-state index in [1.165, 1.54) is 0 Å². The van der Waals surface area contributed by atoms with E-state index in [-0.39, 0.29) is 5.91 Å². The average Bonchev–Trinajstić information content (AvgIpc) is 2.28. The summed E-state index contributed by atoms with van der Waals surface area (Å²) >= 11 is 2.20. The highest BCUT2D eigenvalue weighted by Gasteiger charge is 2.09. The van der Waals surface area contributed by atoms with E-state index in [0.717, 1.165) is 14.7 Å². The highest BCUT2D eigenvalue weighted by atomic mass is 127. The third-order valence-electron chi connectivity index (χ3n) is 2.15. The quantitative estimate of drug-likeness (QED) is 0.516. The van der Waals surface area contributed by atoms with E-state index in [9.17, 15) is 4.79 Å². The first kappa shape index (κ1) is 13.0. The number of benzene rings is 1. The van der Waals surface area contributed by atoms with Crippen molar-refractivity contribution in [3.05, 3.63) is 32.9 Å². The first-order valence-corrected chi connectivity index (χ1v) is 6.17. The van der Waals surface area contributed by atoms with Crippen molar-refractivity contribution in [1.82, 2.24) is 5.32 Å². The van der Waals surface area contributed by atoms with Crippen LogP contribution in [0.3, 0.4) is 0 Å². The molecule has 0 aliphatic rings. The summed E-state index contributed by atoms with van der Waals surface area (Å²) in [5.74, 6) is 5.69. The highest BCUT2D eigenvalue weighted by molar-refractivity contribution is 14.1. The summed E-state index contributed by atoms with van der Waals surface area (Å²) in [7, 11) is 0. The van der Waals surface area contributed by atoms with Gasteiger partial charge >= 0.3 is 0 Å². The number of carbonyl (C=O) groups excluding carboxylic acids is 1. The van der Waals surface area contributed by atoms with Gasteiger partial charge in [-0.05, 0) is 48.1 Å². The molecular formula is C13H14INO. The normalized spacial score (nSPS) is 9.19. The summed E-state index contributed by atoms with van der Waals surface area (Å²) in [6, 6.07) is 5.75. The van der Waals surface area contributed by atoms with Crippen LogP contribution in [0.2, 0.25) is 0 Å². The van der Waals surface area contributed by atoms with Gasteiger partial charge in [0, 0.05) is 16.5 Å². The molecule has 3 heteroatoms. The zero-order valence-electron chi connectivity index (χ0n) is 9.43. The summed E-state index contributed by atoms with van der Waals surface area (Å²) in [6.45, 7) is 4.40. The molecule has 0 aliphatic carbocycles. The maximum Gasteiger partial charge on any atom is 0.252 e. The predicted octanol–water partition coefficient (Wildman–Crippen LogP) is 2.74. The lowest BCUT2D eigenvalue weighted by Crippen LogP contribution is -2.25. The molecule has 1 amide bonds. The lowest BCUT2D eigenvalue weighted by atomic mass is 10.1. The first-order chi connectivity index (χ1) is 7.66. The van der Waals surface area contributed by atoms with Crippen molar-refractivity contribution < 1.29 is 4.79 Å². The SMILES string of the molecule is CC#CCCNC(=O)c1cccc(C)c1I. The van der Waals surface area contributed by atoms with E-state index < -0.39 is 0 Å². The molecule has 0 aromatic heterocycles. The minimum Gasteiger partial charge on any atom is -0.351 e. The van der Waals surface area contributed by atoms with Gasteiger partial charge in [0.15, 0.2) is 0 Å². The maximum atomic E-state index is 11.8. The van der Waals surface area contributed by atoms with Crippen molar-refractivity contribution >= 4 is 28.5 Å². The molecule has 1 N–H and O–H groups in total. The number of amides is 1. The van der Waals surface area contributed by atoms with Gasteiger partial charge in [0.05, 0.1) is 5.56 Å². The van der Waals surface area contributed by atoms with Crippen LogP contribution < -0.4 is 5.32 Å². The number of nitrogens with one attached hydrogen (secondary N) is 1. The third-order valence-corrected chi connectivity index (χ3v) is 3.58. The molecule has 16 heavy (non-hydrogen) atoms. The van der Waals surface area contributed by atoms with Crippen molar-refractivity contribution in [3.63, 3.8) is 0 Å². The molecule has 0 unspecified atom stereocenters. The van der Waals surface area contributed by atoms with Crippen LogP contribution in [0.15, 0.2) is 18.2 Å². The summed E-state index contributed by atoms with van der Waals surface area (Å²) < 4.78 is 1.01. The van der Waals surface area contributed by atoms with E-state index in [2.05, 4.69) is 39.7 Å². The van der Waals surface area contributed by atoms with Crippen molar-refractivity contribution in [2.75, 3.05) is 6.54 Å². The average molecular weight is 327 g/mol. The summed E-state index contributed by atoms with van der Waals surface area (Å²) in [4.78, 5) is 11.8. The van der Waals surface area contributed by atoms with Crippen LogP contribution in [-0.2, 0) is 0 Å². The van der Waals surface area contributed by atoms with E-state index in [1.54, 1.807) is 6.92 Å². The van der Waals surface area contributed by atoms with E-state index in [4.69, 9.17) is 0 Å². The molecule has 0 aliphatic heterocycles. The standard InChI is InChI=1S/C13H14INO/c1-3-4-5-9-15-13(16)11-8-6-7-10(2)12(11)14/h6-8H,5,9H2,1-2H3,(H,15,16). The van der Waals surface area contributed by atoms with Crippen LogP contribution in [0.4, 0.5) is 0 Å². The Morgan fingerprint density at radius 1 is 1.50 bits per heavy atom. The van der Waals surface area contributed by atoms with Gasteiger partial charge in [0.25, 0.3) is 5.91 Å². The van der Waals surface area contributed by atoms with Crippen LogP contribution in [0.25, 0.3) is 0 Å². The minimum absolute atomic E-state index is 0.0222. The molecule has 0 radical (unpaired) electrons. The van der Waals surface area contributed by atoms with E-state index in [1.807, 2.05) is 25.1 Å². The van der Waals surface area contributed by atoms with Gasteiger partial charge in [-0.25, -0.2) is 0 Å². The second-order valence-corrected chi connectivity index (χ2v) is 4.45. The molecule has 0 fully saturated rings. The van der Waals surface area contributed by atoms with Gasteiger partial charge < -0.3 is 5.32 Å². The monoisotopic (exact) mass is 327 g/mol. The lowest BCUT2D eigenvalue weighted by molar-refractivity contribution is 0.0953. The van der Waals surface area contributed by atoms with E-state index in [0.29, 0.717) is 13.0 Å². The molecule has 84 valence electrons. The summed E-state index contributed by atoms with van der Waals surface area (Å²) in [5.41, 5.74) is 1.87. The predicted molar refractivity (Wildman–Crippen MR) is 74.3 cm³/mol. The largest absolute Gasteiger partial charge is 0.351 e. The number of aryl methyl sites for hydroxylation is 1. The number of halogens is 1. The fourth-order valence-electron chi connectivity index (χ4n) is 1.28. The Kier molecular flexibility index (Phi) is 5.33. The van der Waals surface area contributed by atoms with E-state index >= 15 is 0 Å². The molecule has 0 spiro atoms. The first-order valence-electron chi connectivity index (χ1n) is 5.09. The Balaban J connectivity index is 2.65.